The number of esters is 1. The van der Waals surface area contributed by atoms with E-state index in [2.05, 4.69) is 28.2 Å². The lowest BCUT2D eigenvalue weighted by atomic mass is 9.73. The number of fused-ring (bicyclic) bond motifs is 1. The molecule has 0 radical (unpaired) electrons. The number of amides is 2. The third-order valence-electron chi connectivity index (χ3n) is 14.6. The summed E-state index contributed by atoms with van der Waals surface area (Å²) < 4.78 is 33.7. The number of ketones is 1. The van der Waals surface area contributed by atoms with E-state index >= 15 is 0 Å². The summed E-state index contributed by atoms with van der Waals surface area (Å²) in [6, 6.07) is 7.19. The van der Waals surface area contributed by atoms with Gasteiger partial charge in [0.25, 0.3) is 0 Å². The first kappa shape index (κ1) is 51.1. The predicted molar refractivity (Wildman–Crippen MR) is 243 cm³/mol. The maximum absolute atomic E-state index is 14.5. The fourth-order valence-corrected chi connectivity index (χ4v) is 11.0. The van der Waals surface area contributed by atoms with E-state index in [4.69, 9.17) is 33.9 Å². The van der Waals surface area contributed by atoms with Gasteiger partial charge >= 0.3 is 12.1 Å². The molecule has 18 nitrogen and oxygen atoms in total. The molecule has 3 saturated heterocycles. The molecule has 18 heteroatoms. The van der Waals surface area contributed by atoms with E-state index in [1.807, 2.05) is 70.7 Å². The van der Waals surface area contributed by atoms with Crippen LogP contribution in [0.1, 0.15) is 112 Å². The summed E-state index contributed by atoms with van der Waals surface area (Å²) in [4.78, 5) is 62.0. The Morgan fingerprint density at radius 2 is 1.80 bits per heavy atom. The molecule has 0 saturated carbocycles. The Hall–Kier alpha value is -4.33. The van der Waals surface area contributed by atoms with Gasteiger partial charge in [-0.1, -0.05) is 63.9 Å². The molecule has 3 fully saturated rings. The van der Waals surface area contributed by atoms with Crippen molar-refractivity contribution in [3.63, 3.8) is 0 Å². The number of cyclic esters (lactones) is 1. The van der Waals surface area contributed by atoms with E-state index in [-0.39, 0.29) is 23.8 Å². The maximum atomic E-state index is 14.5. The number of aliphatic imine (C=N–C) groups is 1. The van der Waals surface area contributed by atoms with Crippen molar-refractivity contribution in [3.05, 3.63) is 36.0 Å². The molecule has 2 amide bonds. The number of carbonyl (C=O) groups is 4. The van der Waals surface area contributed by atoms with Crippen LogP contribution in [0.4, 0.5) is 4.79 Å². The van der Waals surface area contributed by atoms with Crippen molar-refractivity contribution >= 4 is 29.5 Å². The lowest BCUT2D eigenvalue weighted by Crippen LogP contribution is -2.60. The standard InChI is InChI=1S/C48H73N7O11/c1-11-37-48(8)42-30(4)39(49-20-22-55(42)46(60)66-48)28(2)25-47(7,62-10)43(31(5)40(57)32(6)44(59)64-37)65-45-41(58)36(23-29(3)63-45)53(9)26-33-17-16-18-34(24-33)35-27-54(52-50-35)21-15-13-12-14-19-38(56)51-61/h16-18,24,27-32,36-37,41-43,45,58,61H,11-15,19-23,25-26H2,1-10H3,(H,51,56)/t28-,29-,30+,31+,32-,36+,37?,41-,42-,43-,45+,47-,48-/m1/s1. The van der Waals surface area contributed by atoms with Crippen LogP contribution < -0.4 is 5.48 Å². The zero-order chi connectivity index (χ0) is 48.1. The number of aliphatic hydroxyl groups is 1. The molecule has 4 aliphatic heterocycles. The molecule has 0 spiro atoms. The number of ether oxygens (including phenoxy) is 5. The minimum absolute atomic E-state index is 0.207. The van der Waals surface area contributed by atoms with Gasteiger partial charge in [-0.05, 0) is 84.4 Å². The van der Waals surface area contributed by atoms with Crippen molar-refractivity contribution in [2.75, 3.05) is 27.2 Å². The number of aryl methyl sites for hydroxylation is 1. The fourth-order valence-electron chi connectivity index (χ4n) is 11.0. The highest BCUT2D eigenvalue weighted by atomic mass is 16.7. The van der Waals surface area contributed by atoms with E-state index in [9.17, 15) is 24.3 Å². The Kier molecular flexibility index (Phi) is 16.8. The molecule has 13 atom stereocenters. The maximum Gasteiger partial charge on any atom is 0.410 e. The molecule has 4 aliphatic rings. The van der Waals surface area contributed by atoms with Gasteiger partial charge in [0.2, 0.25) is 5.91 Å². The Bertz CT molecular complexity index is 2050. The molecule has 66 heavy (non-hydrogen) atoms. The average molecular weight is 924 g/mol. The molecule has 3 N–H and O–H groups in total. The summed E-state index contributed by atoms with van der Waals surface area (Å²) in [5, 5.41) is 29.6. The van der Waals surface area contributed by atoms with Crippen LogP contribution in [-0.2, 0) is 51.2 Å². The Morgan fingerprint density at radius 3 is 2.52 bits per heavy atom. The van der Waals surface area contributed by atoms with Crippen LogP contribution in [0.15, 0.2) is 35.5 Å². The SMILES string of the molecule is CCC1OC(=O)[C@H](C)C(=O)[C@H](C)[C@@H](O[C@@H]2O[C@H](C)C[C@H](N(C)Cc3cccc(-c4cn(CCCCCCC(=O)NO)nn4)c3)[C@H]2O)[C@](C)(OC)C[C@@H](C)C2=NCCN3C(=O)O[C@@]1(C)[C@H]3[C@H]2C. The van der Waals surface area contributed by atoms with Crippen molar-refractivity contribution in [1.29, 1.82) is 0 Å². The first-order chi connectivity index (χ1) is 31.3. The van der Waals surface area contributed by atoms with Crippen LogP contribution in [0.25, 0.3) is 11.3 Å². The molecule has 366 valence electrons. The van der Waals surface area contributed by atoms with E-state index in [1.165, 1.54) is 6.92 Å². The van der Waals surface area contributed by atoms with Crippen LogP contribution in [0.3, 0.4) is 0 Å². The molecule has 5 heterocycles. The summed E-state index contributed by atoms with van der Waals surface area (Å²) >= 11 is 0. The van der Waals surface area contributed by atoms with Gasteiger partial charge in [-0.3, -0.25) is 39.1 Å². The quantitative estimate of drug-likeness (QED) is 0.0674. The Balaban J connectivity index is 1.20. The summed E-state index contributed by atoms with van der Waals surface area (Å²) in [6.45, 7) is 16.8. The Labute approximate surface area is 389 Å². The number of Topliss-reactive ketones (excluding diaryl/α,β-unsaturated/α-hetero) is 1. The van der Waals surface area contributed by atoms with Crippen molar-refractivity contribution in [3.8, 4) is 11.3 Å². The lowest BCUT2D eigenvalue weighted by Gasteiger charge is -2.47. The number of hydroxylamine groups is 1. The summed E-state index contributed by atoms with van der Waals surface area (Å²) in [7, 11) is 3.53. The average Bonchev–Trinajstić information content (AvgIpc) is 3.81. The predicted octanol–water partition coefficient (Wildman–Crippen LogP) is 5.36. The van der Waals surface area contributed by atoms with Gasteiger partial charge in [0.05, 0.1) is 36.6 Å². The number of hydrogen-bond acceptors (Lipinski definition) is 15. The first-order valence-electron chi connectivity index (χ1n) is 23.8. The topological polar surface area (TPSA) is 216 Å². The van der Waals surface area contributed by atoms with Crippen molar-refractivity contribution in [1.82, 2.24) is 30.3 Å². The lowest BCUT2D eigenvalue weighted by molar-refractivity contribution is -0.296. The smallest absolute Gasteiger partial charge is 0.410 e. The monoisotopic (exact) mass is 924 g/mol. The molecular weight excluding hydrogens is 851 g/mol. The van der Waals surface area contributed by atoms with Crippen molar-refractivity contribution < 1.29 is 53.2 Å². The van der Waals surface area contributed by atoms with E-state index in [1.54, 1.807) is 24.4 Å². The van der Waals surface area contributed by atoms with Gasteiger partial charge in [-0.15, -0.1) is 5.10 Å². The number of aromatic nitrogens is 3. The van der Waals surface area contributed by atoms with Gasteiger partial charge in [-0.25, -0.2) is 10.3 Å². The van der Waals surface area contributed by atoms with Gasteiger partial charge in [0.1, 0.15) is 23.8 Å². The molecule has 0 aliphatic carbocycles. The third-order valence-corrected chi connectivity index (χ3v) is 14.6. The minimum Gasteiger partial charge on any atom is -0.458 e. The number of nitrogens with zero attached hydrogens (tertiary/aromatic N) is 6. The second kappa shape index (κ2) is 21.7. The van der Waals surface area contributed by atoms with Gasteiger partial charge in [-0.2, -0.15) is 0 Å². The number of aliphatic hydroxyl groups excluding tert-OH is 1. The van der Waals surface area contributed by atoms with Crippen molar-refractivity contribution in [2.45, 2.75) is 174 Å². The Morgan fingerprint density at radius 1 is 1.06 bits per heavy atom. The molecule has 2 bridgehead atoms. The highest BCUT2D eigenvalue weighted by Crippen LogP contribution is 2.44. The van der Waals surface area contributed by atoms with E-state index in [0.29, 0.717) is 58.3 Å². The van der Waals surface area contributed by atoms with Crippen LogP contribution >= 0.6 is 0 Å². The molecule has 6 rings (SSSR count). The van der Waals surface area contributed by atoms with Gasteiger partial charge in [0.15, 0.2) is 17.7 Å². The summed E-state index contributed by atoms with van der Waals surface area (Å²) in [5.41, 5.74) is 2.85. The molecule has 2 aromatic rings. The fraction of sp³-hybridized carbons (Fsp3) is 0.729. The second-order valence-electron chi connectivity index (χ2n) is 19.5. The normalized spacial score (nSPS) is 34.3. The zero-order valence-electron chi connectivity index (χ0n) is 40.5. The molecule has 1 aromatic carbocycles. The van der Waals surface area contributed by atoms with Gasteiger partial charge < -0.3 is 28.8 Å². The van der Waals surface area contributed by atoms with E-state index in [0.717, 1.165) is 41.8 Å². The third kappa shape index (κ3) is 11.0. The highest BCUT2D eigenvalue weighted by molar-refractivity contribution is 6.00. The second-order valence-corrected chi connectivity index (χ2v) is 19.5. The van der Waals surface area contributed by atoms with Crippen LogP contribution in [-0.4, -0.2) is 146 Å². The van der Waals surface area contributed by atoms with Crippen LogP contribution in [0, 0.1) is 23.7 Å². The summed E-state index contributed by atoms with van der Waals surface area (Å²) in [6.07, 6.45) is 1.95. The zero-order valence-corrected chi connectivity index (χ0v) is 40.5. The van der Waals surface area contributed by atoms with E-state index < -0.39 is 77.6 Å². The highest BCUT2D eigenvalue weighted by Gasteiger charge is 2.60. The number of nitrogens with one attached hydrogen (secondary N) is 1. The molecule has 1 aromatic heterocycles. The van der Waals surface area contributed by atoms with Crippen molar-refractivity contribution in [2.24, 2.45) is 28.7 Å². The first-order valence-corrected chi connectivity index (χ1v) is 23.8. The number of benzene rings is 1. The molecular formula is C48H73N7O11. The number of likely N-dealkylation sites (N-methyl/N-ethyl adjacent to an activating group) is 1. The number of methoxy groups -OCH3 is 1. The van der Waals surface area contributed by atoms with Crippen LogP contribution in [0.5, 0.6) is 0 Å². The van der Waals surface area contributed by atoms with Gasteiger partial charge in [0, 0.05) is 62.3 Å². The van der Waals surface area contributed by atoms with Crippen LogP contribution in [0.2, 0.25) is 0 Å². The number of hydrogen-bond donors (Lipinski definition) is 3. The molecule has 1 unspecified atom stereocenters. The summed E-state index contributed by atoms with van der Waals surface area (Å²) in [5.74, 6) is -4.10. The minimum atomic E-state index is -1.19. The number of unbranched alkanes of at least 4 members (excludes halogenated alkanes) is 3. The number of carbonyl (C=O) groups excluding carboxylic acids is 4. The number of rotatable bonds is 15. The largest absolute Gasteiger partial charge is 0.458 e.